The van der Waals surface area contributed by atoms with E-state index in [1.54, 1.807) is 26.6 Å². The molecule has 4 aromatic rings. The van der Waals surface area contributed by atoms with Gasteiger partial charge in [0.15, 0.2) is 0 Å². The van der Waals surface area contributed by atoms with Crippen molar-refractivity contribution >= 4 is 34.5 Å². The minimum Gasteiger partial charge on any atom is -0.495 e. The fourth-order valence-corrected chi connectivity index (χ4v) is 6.96. The number of benzene rings is 2. The van der Waals surface area contributed by atoms with Crippen molar-refractivity contribution in [3.63, 3.8) is 0 Å². The summed E-state index contributed by atoms with van der Waals surface area (Å²) >= 11 is 1.45. The third-order valence-corrected chi connectivity index (χ3v) is 10.2. The van der Waals surface area contributed by atoms with Crippen LogP contribution in [0.5, 0.6) is 11.5 Å². The molecule has 0 aliphatic heterocycles. The van der Waals surface area contributed by atoms with Crippen molar-refractivity contribution in [3.8, 4) is 11.5 Å². The summed E-state index contributed by atoms with van der Waals surface area (Å²) < 4.78 is 11.0. The number of hydrogen-bond donors (Lipinski definition) is 3. The van der Waals surface area contributed by atoms with Crippen LogP contribution in [0.15, 0.2) is 36.7 Å². The summed E-state index contributed by atoms with van der Waals surface area (Å²) in [5.74, 6) is 1.16. The number of rotatable bonds is 6. The molecular formula is C37H47N5O4S. The fourth-order valence-electron chi connectivity index (χ4n) is 6.09. The molecule has 0 fully saturated rings. The van der Waals surface area contributed by atoms with Gasteiger partial charge in [-0.15, -0.1) is 11.3 Å². The van der Waals surface area contributed by atoms with Crippen molar-refractivity contribution in [3.05, 3.63) is 80.1 Å². The standard InChI is InChI=1S/C20H26N2O2S.C17H21N3O2/c1-20(2,3)19-21-12-17(25-19)18(23)22-15-10-13-8-6-5-7-9-14(13)11-16(15)24-4;1-11-14(10-18-20-11)17(21)19-15-8-12-6-4-3-5-7-13(12)9-16(15)22-2/h10-12H,5-9H2,1-4H3,(H,22,23);8-10H,3-7H2,1-2H3,(H,18,20)(H,19,21). The quantitative estimate of drug-likeness (QED) is 0.180. The zero-order valence-electron chi connectivity index (χ0n) is 28.5. The Hall–Kier alpha value is -4.18. The van der Waals surface area contributed by atoms with E-state index in [0.717, 1.165) is 59.3 Å². The maximum absolute atomic E-state index is 12.7. The molecule has 2 amide bonds. The first-order valence-corrected chi connectivity index (χ1v) is 17.4. The van der Waals surface area contributed by atoms with Gasteiger partial charge in [-0.1, -0.05) is 33.6 Å². The number of thiazole rings is 1. The van der Waals surface area contributed by atoms with Gasteiger partial charge in [0.25, 0.3) is 11.8 Å². The van der Waals surface area contributed by atoms with E-state index < -0.39 is 0 Å². The molecule has 2 heterocycles. The van der Waals surface area contributed by atoms with Crippen LogP contribution in [-0.2, 0) is 31.1 Å². The maximum Gasteiger partial charge on any atom is 0.267 e. The number of ether oxygens (including phenoxy) is 2. The topological polar surface area (TPSA) is 118 Å². The number of nitrogens with one attached hydrogen (secondary N) is 3. The molecule has 2 aliphatic rings. The molecule has 0 saturated heterocycles. The monoisotopic (exact) mass is 657 g/mol. The second-order valence-corrected chi connectivity index (χ2v) is 14.4. The lowest BCUT2D eigenvalue weighted by Gasteiger charge is -2.15. The average Bonchev–Trinajstić information content (AvgIpc) is 3.59. The SMILES string of the molecule is COc1cc2c(cc1NC(=O)c1cn[nH]c1C)CCCCC2.COc1cc2c(cc1NC(=O)c1cnc(C(C)(C)C)s1)CCCCC2. The molecular weight excluding hydrogens is 611 g/mol. The summed E-state index contributed by atoms with van der Waals surface area (Å²) in [5.41, 5.74) is 8.07. The van der Waals surface area contributed by atoms with E-state index in [4.69, 9.17) is 9.47 Å². The summed E-state index contributed by atoms with van der Waals surface area (Å²) in [6.07, 6.45) is 14.9. The van der Waals surface area contributed by atoms with Gasteiger partial charge in [0.1, 0.15) is 16.4 Å². The third kappa shape index (κ3) is 8.41. The van der Waals surface area contributed by atoms with E-state index in [-0.39, 0.29) is 17.2 Å². The van der Waals surface area contributed by atoms with Crippen LogP contribution in [0.4, 0.5) is 11.4 Å². The Morgan fingerprint density at radius 1 is 0.745 bits per heavy atom. The van der Waals surface area contributed by atoms with Gasteiger partial charge >= 0.3 is 0 Å². The second-order valence-electron chi connectivity index (χ2n) is 13.4. The Labute approximate surface area is 281 Å². The molecule has 2 aliphatic carbocycles. The van der Waals surface area contributed by atoms with E-state index >= 15 is 0 Å². The molecule has 0 unspecified atom stereocenters. The number of anilines is 2. The Kier molecular flexibility index (Phi) is 11.0. The molecule has 47 heavy (non-hydrogen) atoms. The lowest BCUT2D eigenvalue weighted by molar-refractivity contribution is 0.101. The molecule has 2 aromatic carbocycles. The fraction of sp³-hybridized carbons (Fsp3) is 0.459. The highest BCUT2D eigenvalue weighted by molar-refractivity contribution is 7.13. The molecule has 10 heteroatoms. The van der Waals surface area contributed by atoms with Crippen LogP contribution in [-0.4, -0.2) is 41.2 Å². The van der Waals surface area contributed by atoms with Crippen LogP contribution in [0.3, 0.4) is 0 Å². The summed E-state index contributed by atoms with van der Waals surface area (Å²) in [4.78, 5) is 30.1. The van der Waals surface area contributed by atoms with E-state index in [9.17, 15) is 9.59 Å². The molecule has 250 valence electrons. The lowest BCUT2D eigenvalue weighted by atomic mass is 9.98. The van der Waals surface area contributed by atoms with Crippen LogP contribution in [0.1, 0.15) is 112 Å². The summed E-state index contributed by atoms with van der Waals surface area (Å²) in [6.45, 7) is 8.13. The number of amides is 2. The van der Waals surface area contributed by atoms with Gasteiger partial charge in [0.2, 0.25) is 0 Å². The van der Waals surface area contributed by atoms with Crippen molar-refractivity contribution in [1.29, 1.82) is 0 Å². The minimum atomic E-state index is -0.168. The van der Waals surface area contributed by atoms with E-state index in [1.165, 1.54) is 72.1 Å². The molecule has 2 aromatic heterocycles. The Balaban J connectivity index is 0.000000186. The third-order valence-electron chi connectivity index (χ3n) is 8.77. The molecule has 0 atom stereocenters. The Bertz CT molecular complexity index is 1720. The van der Waals surface area contributed by atoms with Crippen molar-refractivity contribution in [1.82, 2.24) is 15.2 Å². The largest absolute Gasteiger partial charge is 0.495 e. The predicted octanol–water partition coefficient (Wildman–Crippen LogP) is 8.22. The Morgan fingerprint density at radius 3 is 1.66 bits per heavy atom. The first-order valence-electron chi connectivity index (χ1n) is 16.6. The zero-order chi connectivity index (χ0) is 33.6. The summed E-state index contributed by atoms with van der Waals surface area (Å²) in [6, 6.07) is 8.30. The van der Waals surface area contributed by atoms with Crippen molar-refractivity contribution in [2.24, 2.45) is 0 Å². The van der Waals surface area contributed by atoms with E-state index in [2.05, 4.69) is 70.9 Å². The van der Waals surface area contributed by atoms with E-state index in [0.29, 0.717) is 10.4 Å². The Morgan fingerprint density at radius 2 is 1.23 bits per heavy atom. The number of H-pyrrole nitrogens is 1. The molecule has 3 N–H and O–H groups in total. The maximum atomic E-state index is 12.7. The molecule has 6 rings (SSSR count). The average molecular weight is 658 g/mol. The highest BCUT2D eigenvalue weighted by Crippen LogP contribution is 2.34. The predicted molar refractivity (Wildman–Crippen MR) is 189 cm³/mol. The lowest BCUT2D eigenvalue weighted by Crippen LogP contribution is -2.13. The first kappa shape index (κ1) is 34.2. The first-order chi connectivity index (χ1) is 22.6. The highest BCUT2D eigenvalue weighted by Gasteiger charge is 2.22. The van der Waals surface area contributed by atoms with Crippen LogP contribution in [0, 0.1) is 6.92 Å². The number of nitrogens with zero attached hydrogens (tertiary/aromatic N) is 2. The van der Waals surface area contributed by atoms with Crippen LogP contribution >= 0.6 is 11.3 Å². The van der Waals surface area contributed by atoms with Gasteiger partial charge < -0.3 is 20.1 Å². The molecule has 0 radical (unpaired) electrons. The second kappa shape index (κ2) is 15.2. The number of aryl methyl sites for hydroxylation is 5. The van der Waals surface area contributed by atoms with Gasteiger partial charge in [0.05, 0.1) is 48.6 Å². The van der Waals surface area contributed by atoms with Gasteiger partial charge in [-0.2, -0.15) is 5.10 Å². The molecule has 9 nitrogen and oxygen atoms in total. The van der Waals surface area contributed by atoms with Gasteiger partial charge in [-0.05, 0) is 105 Å². The number of hydrogen-bond acceptors (Lipinski definition) is 7. The van der Waals surface area contributed by atoms with Crippen molar-refractivity contribution in [2.75, 3.05) is 24.9 Å². The molecule has 0 bridgehead atoms. The number of aromatic nitrogens is 3. The van der Waals surface area contributed by atoms with Gasteiger partial charge in [0, 0.05) is 11.1 Å². The van der Waals surface area contributed by atoms with Crippen LogP contribution in [0.2, 0.25) is 0 Å². The number of fused-ring (bicyclic) bond motifs is 2. The summed E-state index contributed by atoms with van der Waals surface area (Å²) in [7, 11) is 3.29. The zero-order valence-corrected chi connectivity index (χ0v) is 29.3. The normalized spacial score (nSPS) is 14.3. The molecule has 0 saturated carbocycles. The minimum absolute atomic E-state index is 0.0506. The van der Waals surface area contributed by atoms with Crippen LogP contribution < -0.4 is 20.1 Å². The number of methoxy groups -OCH3 is 2. The van der Waals surface area contributed by atoms with Gasteiger partial charge in [-0.25, -0.2) is 4.98 Å². The number of carbonyl (C=O) groups excluding carboxylic acids is 2. The number of aromatic amines is 1. The highest BCUT2D eigenvalue weighted by atomic mass is 32.1. The van der Waals surface area contributed by atoms with E-state index in [1.807, 2.05) is 6.92 Å². The van der Waals surface area contributed by atoms with Crippen molar-refractivity contribution in [2.45, 2.75) is 97.3 Å². The summed E-state index contributed by atoms with van der Waals surface area (Å²) in [5, 5.41) is 13.6. The number of carbonyl (C=O) groups is 2. The van der Waals surface area contributed by atoms with Crippen LogP contribution in [0.25, 0.3) is 0 Å². The van der Waals surface area contributed by atoms with Crippen molar-refractivity contribution < 1.29 is 19.1 Å². The molecule has 0 spiro atoms. The van der Waals surface area contributed by atoms with Gasteiger partial charge in [-0.3, -0.25) is 14.7 Å². The smallest absolute Gasteiger partial charge is 0.267 e.